The lowest BCUT2D eigenvalue weighted by Gasteiger charge is -2.35. The number of aromatic amines is 1. The van der Waals surface area contributed by atoms with Gasteiger partial charge in [-0.15, -0.1) is 0 Å². The molecule has 168 valence electrons. The van der Waals surface area contributed by atoms with Gasteiger partial charge in [0.2, 0.25) is 0 Å². The van der Waals surface area contributed by atoms with Gasteiger partial charge in [-0.3, -0.25) is 0 Å². The van der Waals surface area contributed by atoms with Gasteiger partial charge in [-0.05, 0) is 74.9 Å². The van der Waals surface area contributed by atoms with Crippen molar-refractivity contribution in [1.82, 2.24) is 29.5 Å². The number of hydrogen-bond acceptors (Lipinski definition) is 5. The van der Waals surface area contributed by atoms with E-state index in [9.17, 15) is 5.11 Å². The Morgan fingerprint density at radius 1 is 1.19 bits per heavy atom. The van der Waals surface area contributed by atoms with Crippen LogP contribution in [0.1, 0.15) is 63.5 Å². The van der Waals surface area contributed by atoms with Crippen molar-refractivity contribution in [2.45, 2.75) is 58.0 Å². The number of likely N-dealkylation sites (tertiary alicyclic amines) is 1. The van der Waals surface area contributed by atoms with Crippen molar-refractivity contribution in [1.29, 1.82) is 0 Å². The molecule has 4 aromatic rings. The van der Waals surface area contributed by atoms with Crippen molar-refractivity contribution >= 4 is 16.7 Å². The number of H-pyrrole nitrogens is 1. The molecule has 0 unspecified atom stereocenters. The number of aromatic nitrogens is 5. The molecule has 0 aliphatic carbocycles. The normalized spacial score (nSPS) is 16.6. The zero-order valence-electron chi connectivity index (χ0n) is 19.3. The van der Waals surface area contributed by atoms with E-state index >= 15 is 0 Å². The van der Waals surface area contributed by atoms with Crippen molar-refractivity contribution in [3.63, 3.8) is 0 Å². The lowest BCUT2D eigenvalue weighted by atomic mass is 9.87. The predicted octanol–water partition coefficient (Wildman–Crippen LogP) is 4.35. The summed E-state index contributed by atoms with van der Waals surface area (Å²) < 4.78 is 1.72. The average Bonchev–Trinajstić information content (AvgIpc) is 3.36. The molecular formula is C25H32N6O. The van der Waals surface area contributed by atoms with Crippen LogP contribution in [-0.2, 0) is 0 Å². The van der Waals surface area contributed by atoms with E-state index in [0.29, 0.717) is 17.6 Å². The summed E-state index contributed by atoms with van der Waals surface area (Å²) in [6.45, 7) is 11.1. The van der Waals surface area contributed by atoms with E-state index in [1.807, 2.05) is 26.2 Å². The minimum Gasteiger partial charge on any atom is -0.389 e. The SMILES string of the molecule is CC(C)c1c(-c2cnc3ncnn3c2)[nH]c2ccc(C3CCN(CC(C)(C)O)CC3)cc12. The molecule has 5 rings (SSSR count). The van der Waals surface area contributed by atoms with Crippen LogP contribution in [0, 0.1) is 0 Å². The minimum absolute atomic E-state index is 0.370. The maximum atomic E-state index is 10.1. The van der Waals surface area contributed by atoms with Crippen LogP contribution in [0.2, 0.25) is 0 Å². The molecule has 4 heterocycles. The Bertz CT molecular complexity index is 1240. The second-order valence-electron chi connectivity index (χ2n) is 10.1. The molecule has 1 aliphatic heterocycles. The van der Waals surface area contributed by atoms with Gasteiger partial charge in [0.05, 0.1) is 11.3 Å². The van der Waals surface area contributed by atoms with E-state index in [0.717, 1.165) is 49.2 Å². The van der Waals surface area contributed by atoms with Gasteiger partial charge >= 0.3 is 0 Å². The van der Waals surface area contributed by atoms with Gasteiger partial charge in [0.25, 0.3) is 5.78 Å². The third-order valence-corrected chi connectivity index (χ3v) is 6.53. The van der Waals surface area contributed by atoms with Crippen LogP contribution >= 0.6 is 0 Å². The molecule has 32 heavy (non-hydrogen) atoms. The second-order valence-corrected chi connectivity index (χ2v) is 10.1. The number of benzene rings is 1. The number of nitrogens with zero attached hydrogens (tertiary/aromatic N) is 5. The van der Waals surface area contributed by atoms with Gasteiger partial charge in [-0.25, -0.2) is 9.50 Å². The summed E-state index contributed by atoms with van der Waals surface area (Å²) in [6.07, 6.45) is 7.65. The van der Waals surface area contributed by atoms with Crippen LogP contribution in [0.4, 0.5) is 0 Å². The molecule has 0 atom stereocenters. The molecule has 1 aliphatic rings. The first kappa shape index (κ1) is 21.1. The highest BCUT2D eigenvalue weighted by Gasteiger charge is 2.25. The highest BCUT2D eigenvalue weighted by atomic mass is 16.3. The van der Waals surface area contributed by atoms with E-state index in [1.54, 1.807) is 4.52 Å². The van der Waals surface area contributed by atoms with Gasteiger partial charge < -0.3 is 15.0 Å². The van der Waals surface area contributed by atoms with E-state index in [4.69, 9.17) is 0 Å². The lowest BCUT2D eigenvalue weighted by Crippen LogP contribution is -2.42. The number of fused-ring (bicyclic) bond motifs is 2. The van der Waals surface area contributed by atoms with E-state index in [-0.39, 0.29) is 0 Å². The first-order chi connectivity index (χ1) is 15.3. The Hall–Kier alpha value is -2.77. The maximum Gasteiger partial charge on any atom is 0.252 e. The molecule has 1 aromatic carbocycles. The number of aliphatic hydroxyl groups is 1. The van der Waals surface area contributed by atoms with Crippen molar-refractivity contribution in [2.75, 3.05) is 19.6 Å². The summed E-state index contributed by atoms with van der Waals surface area (Å²) in [4.78, 5) is 14.6. The molecule has 1 fully saturated rings. The quantitative estimate of drug-likeness (QED) is 0.490. The summed E-state index contributed by atoms with van der Waals surface area (Å²) in [6, 6.07) is 6.90. The molecule has 1 saturated heterocycles. The number of nitrogens with one attached hydrogen (secondary N) is 1. The number of piperidine rings is 1. The van der Waals surface area contributed by atoms with Crippen LogP contribution < -0.4 is 0 Å². The van der Waals surface area contributed by atoms with E-state index in [2.05, 4.69) is 57.0 Å². The smallest absolute Gasteiger partial charge is 0.252 e. The van der Waals surface area contributed by atoms with Crippen LogP contribution in [-0.4, -0.2) is 59.8 Å². The number of rotatable bonds is 5. The predicted molar refractivity (Wildman–Crippen MR) is 127 cm³/mol. The fraction of sp³-hybridized carbons (Fsp3) is 0.480. The highest BCUT2D eigenvalue weighted by molar-refractivity contribution is 5.91. The molecule has 0 bridgehead atoms. The molecule has 0 amide bonds. The zero-order chi connectivity index (χ0) is 22.5. The second kappa shape index (κ2) is 7.98. The number of β-amino-alcohol motifs (C(OH)–C–C–N with tert-alkyl or cyclic N) is 1. The van der Waals surface area contributed by atoms with Crippen molar-refractivity contribution in [3.05, 3.63) is 48.0 Å². The summed E-state index contributed by atoms with van der Waals surface area (Å²) in [5.74, 6) is 1.53. The Balaban J connectivity index is 1.47. The summed E-state index contributed by atoms with van der Waals surface area (Å²) >= 11 is 0. The van der Waals surface area contributed by atoms with Gasteiger partial charge in [0, 0.05) is 35.4 Å². The van der Waals surface area contributed by atoms with Crippen LogP contribution in [0.15, 0.2) is 36.9 Å². The third kappa shape index (κ3) is 4.02. The molecule has 0 saturated carbocycles. The molecule has 2 N–H and O–H groups in total. The van der Waals surface area contributed by atoms with E-state index in [1.165, 1.54) is 22.8 Å². The Morgan fingerprint density at radius 2 is 1.97 bits per heavy atom. The Morgan fingerprint density at radius 3 is 2.69 bits per heavy atom. The molecule has 7 heteroatoms. The van der Waals surface area contributed by atoms with Crippen LogP contribution in [0.25, 0.3) is 27.9 Å². The maximum absolute atomic E-state index is 10.1. The lowest BCUT2D eigenvalue weighted by molar-refractivity contribution is 0.0282. The largest absolute Gasteiger partial charge is 0.389 e. The standard InChI is InChI=1S/C25H32N6O/c1-16(2)22-20-11-18(17-7-9-30(10-8-17)14-25(3,4)32)5-6-21(20)29-23(22)19-12-26-24-27-15-28-31(24)13-19/h5-6,11-13,15-17,29,32H,7-10,14H2,1-4H3. The Kier molecular flexibility index (Phi) is 5.26. The molecule has 7 nitrogen and oxygen atoms in total. The van der Waals surface area contributed by atoms with Crippen molar-refractivity contribution < 1.29 is 5.11 Å². The summed E-state index contributed by atoms with van der Waals surface area (Å²) in [5.41, 5.74) is 5.39. The topological polar surface area (TPSA) is 82.3 Å². The fourth-order valence-corrected chi connectivity index (χ4v) is 5.13. The first-order valence-corrected chi connectivity index (χ1v) is 11.5. The molecular weight excluding hydrogens is 400 g/mol. The third-order valence-electron chi connectivity index (χ3n) is 6.53. The average molecular weight is 433 g/mol. The highest BCUT2D eigenvalue weighted by Crippen LogP contribution is 2.38. The monoisotopic (exact) mass is 432 g/mol. The van der Waals surface area contributed by atoms with Gasteiger partial charge in [0.1, 0.15) is 6.33 Å². The van der Waals surface area contributed by atoms with Crippen LogP contribution in [0.5, 0.6) is 0 Å². The minimum atomic E-state index is -0.635. The number of hydrogen-bond donors (Lipinski definition) is 2. The summed E-state index contributed by atoms with van der Waals surface area (Å²) in [7, 11) is 0. The van der Waals surface area contributed by atoms with E-state index < -0.39 is 5.60 Å². The first-order valence-electron chi connectivity index (χ1n) is 11.5. The van der Waals surface area contributed by atoms with Gasteiger partial charge in [-0.2, -0.15) is 10.1 Å². The van der Waals surface area contributed by atoms with Crippen molar-refractivity contribution in [2.24, 2.45) is 0 Å². The van der Waals surface area contributed by atoms with Gasteiger partial charge in [-0.1, -0.05) is 19.9 Å². The Labute approximate surface area is 188 Å². The zero-order valence-corrected chi connectivity index (χ0v) is 19.3. The molecule has 0 radical (unpaired) electrons. The molecule has 3 aromatic heterocycles. The van der Waals surface area contributed by atoms with Gasteiger partial charge in [0.15, 0.2) is 0 Å². The summed E-state index contributed by atoms with van der Waals surface area (Å²) in [5, 5.41) is 15.7. The van der Waals surface area contributed by atoms with Crippen molar-refractivity contribution in [3.8, 4) is 11.3 Å². The fourth-order valence-electron chi connectivity index (χ4n) is 5.13. The molecule has 0 spiro atoms. The van der Waals surface area contributed by atoms with Crippen LogP contribution in [0.3, 0.4) is 0 Å².